The number of likely N-dealkylation sites (tertiary alicyclic amines) is 1. The van der Waals surface area contributed by atoms with Crippen LogP contribution in [-0.2, 0) is 16.4 Å². The highest BCUT2D eigenvalue weighted by Gasteiger charge is 2.23. The number of nitrogens with zero attached hydrogens (tertiary/aromatic N) is 2. The van der Waals surface area contributed by atoms with Gasteiger partial charge in [0.15, 0.2) is 9.84 Å². The molecule has 0 amide bonds. The van der Waals surface area contributed by atoms with E-state index in [1.54, 1.807) is 18.2 Å². The van der Waals surface area contributed by atoms with Crippen LogP contribution in [0.5, 0.6) is 0 Å². The third-order valence-electron chi connectivity index (χ3n) is 4.93. The standard InChI is InChI=1S/C20H26N2O2S/c1-21(2)19-11-12-22(15-19)14-16-7-9-17(10-8-16)18-5-4-6-20(13-18)25(3,23)24/h4-10,13,19H,11-12,14-15H2,1-3H3. The summed E-state index contributed by atoms with van der Waals surface area (Å²) in [5, 5.41) is 0. The summed E-state index contributed by atoms with van der Waals surface area (Å²) in [6.45, 7) is 3.22. The second-order valence-corrected chi connectivity index (χ2v) is 9.15. The summed E-state index contributed by atoms with van der Waals surface area (Å²) in [5.41, 5.74) is 3.27. The quantitative estimate of drug-likeness (QED) is 0.824. The SMILES string of the molecule is CN(C)C1CCN(Cc2ccc(-c3cccc(S(C)(=O)=O)c3)cc2)C1. The van der Waals surface area contributed by atoms with Crippen LogP contribution in [0.4, 0.5) is 0 Å². The molecule has 0 spiro atoms. The van der Waals surface area contributed by atoms with Gasteiger partial charge in [0, 0.05) is 31.9 Å². The van der Waals surface area contributed by atoms with E-state index in [4.69, 9.17) is 0 Å². The lowest BCUT2D eigenvalue weighted by molar-refractivity contribution is 0.264. The predicted octanol–water partition coefficient (Wildman–Crippen LogP) is 2.89. The molecule has 1 saturated heterocycles. The Morgan fingerprint density at radius 1 is 1.08 bits per heavy atom. The first-order chi connectivity index (χ1) is 11.8. The molecule has 0 N–H and O–H groups in total. The van der Waals surface area contributed by atoms with Crippen molar-refractivity contribution < 1.29 is 8.42 Å². The van der Waals surface area contributed by atoms with Gasteiger partial charge >= 0.3 is 0 Å². The number of likely N-dealkylation sites (N-methyl/N-ethyl adjacent to an activating group) is 1. The van der Waals surface area contributed by atoms with Crippen molar-refractivity contribution in [2.45, 2.75) is 23.9 Å². The third kappa shape index (κ3) is 4.48. The molecule has 0 saturated carbocycles. The van der Waals surface area contributed by atoms with E-state index in [0.29, 0.717) is 10.9 Å². The first-order valence-corrected chi connectivity index (χ1v) is 10.5. The maximum absolute atomic E-state index is 11.7. The smallest absolute Gasteiger partial charge is 0.175 e. The van der Waals surface area contributed by atoms with Crippen molar-refractivity contribution in [3.05, 3.63) is 54.1 Å². The van der Waals surface area contributed by atoms with Gasteiger partial charge in [0.25, 0.3) is 0 Å². The zero-order chi connectivity index (χ0) is 18.0. The highest BCUT2D eigenvalue weighted by Crippen LogP contribution is 2.24. The fourth-order valence-corrected chi connectivity index (χ4v) is 4.01. The van der Waals surface area contributed by atoms with Crippen molar-refractivity contribution in [3.8, 4) is 11.1 Å². The fourth-order valence-electron chi connectivity index (χ4n) is 3.34. The normalized spacial score (nSPS) is 18.8. The van der Waals surface area contributed by atoms with Crippen LogP contribution in [0.2, 0.25) is 0 Å². The van der Waals surface area contributed by atoms with E-state index in [0.717, 1.165) is 30.8 Å². The van der Waals surface area contributed by atoms with Gasteiger partial charge in [-0.1, -0.05) is 36.4 Å². The fraction of sp³-hybridized carbons (Fsp3) is 0.400. The monoisotopic (exact) mass is 358 g/mol. The summed E-state index contributed by atoms with van der Waals surface area (Å²) < 4.78 is 23.5. The number of rotatable bonds is 5. The Balaban J connectivity index is 1.71. The molecule has 1 atom stereocenters. The van der Waals surface area contributed by atoms with Crippen LogP contribution >= 0.6 is 0 Å². The average molecular weight is 359 g/mol. The Labute approximate surface area is 151 Å². The van der Waals surface area contributed by atoms with E-state index >= 15 is 0 Å². The number of benzene rings is 2. The molecule has 1 aliphatic rings. The molecule has 4 nitrogen and oxygen atoms in total. The van der Waals surface area contributed by atoms with Crippen molar-refractivity contribution in [3.63, 3.8) is 0 Å². The topological polar surface area (TPSA) is 40.6 Å². The van der Waals surface area contributed by atoms with E-state index in [-0.39, 0.29) is 0 Å². The Morgan fingerprint density at radius 3 is 2.40 bits per heavy atom. The van der Waals surface area contributed by atoms with E-state index in [2.05, 4.69) is 48.2 Å². The molecule has 1 fully saturated rings. The van der Waals surface area contributed by atoms with Crippen LogP contribution in [0.3, 0.4) is 0 Å². The van der Waals surface area contributed by atoms with Crippen molar-refractivity contribution in [2.24, 2.45) is 0 Å². The number of sulfone groups is 1. The minimum absolute atomic E-state index is 0.362. The molecule has 134 valence electrons. The van der Waals surface area contributed by atoms with Gasteiger partial charge in [0.05, 0.1) is 4.90 Å². The molecule has 1 heterocycles. The Bertz CT molecular complexity index is 829. The number of hydrogen-bond acceptors (Lipinski definition) is 4. The first kappa shape index (κ1) is 18.1. The summed E-state index contributed by atoms with van der Waals surface area (Å²) in [7, 11) is 1.11. The molecule has 0 aliphatic carbocycles. The lowest BCUT2D eigenvalue weighted by atomic mass is 10.0. The number of hydrogen-bond donors (Lipinski definition) is 0. The zero-order valence-electron chi connectivity index (χ0n) is 15.1. The van der Waals surface area contributed by atoms with E-state index in [1.807, 2.05) is 6.07 Å². The van der Waals surface area contributed by atoms with Gasteiger partial charge < -0.3 is 4.90 Å². The molecule has 0 aromatic heterocycles. The van der Waals surface area contributed by atoms with Crippen molar-refractivity contribution in [1.29, 1.82) is 0 Å². The van der Waals surface area contributed by atoms with Gasteiger partial charge in [-0.05, 0) is 49.3 Å². The molecule has 2 aromatic rings. The summed E-state index contributed by atoms with van der Waals surface area (Å²) in [6.07, 6.45) is 2.47. The summed E-state index contributed by atoms with van der Waals surface area (Å²) in [4.78, 5) is 5.16. The van der Waals surface area contributed by atoms with Crippen LogP contribution in [0.25, 0.3) is 11.1 Å². The Morgan fingerprint density at radius 2 is 1.80 bits per heavy atom. The molecular formula is C20H26N2O2S. The lowest BCUT2D eigenvalue weighted by Gasteiger charge is -2.20. The maximum Gasteiger partial charge on any atom is 0.175 e. The Hall–Kier alpha value is -1.69. The molecule has 3 rings (SSSR count). The largest absolute Gasteiger partial charge is 0.305 e. The third-order valence-corrected chi connectivity index (χ3v) is 6.04. The van der Waals surface area contributed by atoms with Crippen LogP contribution in [0, 0.1) is 0 Å². The molecule has 1 aliphatic heterocycles. The van der Waals surface area contributed by atoms with Gasteiger partial charge in [0.1, 0.15) is 0 Å². The summed E-state index contributed by atoms with van der Waals surface area (Å²) in [5.74, 6) is 0. The highest BCUT2D eigenvalue weighted by molar-refractivity contribution is 7.90. The Kier molecular flexibility index (Phi) is 5.27. The molecule has 0 bridgehead atoms. The summed E-state index contributed by atoms with van der Waals surface area (Å²) >= 11 is 0. The van der Waals surface area contributed by atoms with Crippen molar-refractivity contribution in [1.82, 2.24) is 9.80 Å². The predicted molar refractivity (Wildman–Crippen MR) is 102 cm³/mol. The minimum atomic E-state index is -3.18. The molecule has 25 heavy (non-hydrogen) atoms. The van der Waals surface area contributed by atoms with E-state index < -0.39 is 9.84 Å². The molecule has 5 heteroatoms. The van der Waals surface area contributed by atoms with Crippen molar-refractivity contribution >= 4 is 9.84 Å². The van der Waals surface area contributed by atoms with Gasteiger partial charge in [0.2, 0.25) is 0 Å². The lowest BCUT2D eigenvalue weighted by Crippen LogP contribution is -2.31. The molecular weight excluding hydrogens is 332 g/mol. The second kappa shape index (κ2) is 7.28. The van der Waals surface area contributed by atoms with Crippen LogP contribution in [-0.4, -0.2) is 57.7 Å². The zero-order valence-corrected chi connectivity index (χ0v) is 16.0. The van der Waals surface area contributed by atoms with Crippen LogP contribution < -0.4 is 0 Å². The van der Waals surface area contributed by atoms with Gasteiger partial charge in [-0.25, -0.2) is 8.42 Å². The molecule has 0 radical (unpaired) electrons. The summed E-state index contributed by atoms with van der Waals surface area (Å²) in [6, 6.07) is 16.2. The molecule has 2 aromatic carbocycles. The van der Waals surface area contributed by atoms with Gasteiger partial charge in [-0.2, -0.15) is 0 Å². The highest BCUT2D eigenvalue weighted by atomic mass is 32.2. The van der Waals surface area contributed by atoms with E-state index in [1.165, 1.54) is 18.2 Å². The molecule has 1 unspecified atom stereocenters. The maximum atomic E-state index is 11.7. The van der Waals surface area contributed by atoms with Gasteiger partial charge in [-0.3, -0.25) is 4.90 Å². The van der Waals surface area contributed by atoms with Crippen LogP contribution in [0.1, 0.15) is 12.0 Å². The average Bonchev–Trinajstić information content (AvgIpc) is 3.04. The van der Waals surface area contributed by atoms with Crippen molar-refractivity contribution in [2.75, 3.05) is 33.4 Å². The second-order valence-electron chi connectivity index (χ2n) is 7.14. The van der Waals surface area contributed by atoms with Gasteiger partial charge in [-0.15, -0.1) is 0 Å². The van der Waals surface area contributed by atoms with E-state index in [9.17, 15) is 8.42 Å². The van der Waals surface area contributed by atoms with Crippen LogP contribution in [0.15, 0.2) is 53.4 Å². The minimum Gasteiger partial charge on any atom is -0.305 e. The first-order valence-electron chi connectivity index (χ1n) is 8.61.